The number of primary amides is 1. The third-order valence-electron chi connectivity index (χ3n) is 1.99. The third-order valence-corrected chi connectivity index (χ3v) is 1.99. The Labute approximate surface area is 93.6 Å². The number of carbonyl (C=O) groups excluding carboxylic acids is 2. The number of benzene rings is 1. The van der Waals surface area contributed by atoms with Crippen LogP contribution in [0.25, 0.3) is 0 Å². The molecule has 1 aromatic carbocycles. The molecular weight excluding hydrogens is 208 g/mol. The van der Waals surface area contributed by atoms with Crippen molar-refractivity contribution in [2.45, 2.75) is 6.92 Å². The first-order valence-corrected chi connectivity index (χ1v) is 4.74. The van der Waals surface area contributed by atoms with Crippen molar-refractivity contribution in [3.63, 3.8) is 0 Å². The summed E-state index contributed by atoms with van der Waals surface area (Å²) in [6, 6.07) is 5.06. The van der Waals surface area contributed by atoms with E-state index in [4.69, 9.17) is 5.73 Å². The first-order valence-electron chi connectivity index (χ1n) is 4.74. The molecule has 0 aliphatic heterocycles. The molecule has 0 aliphatic rings. The number of rotatable bonds is 4. The van der Waals surface area contributed by atoms with Gasteiger partial charge < -0.3 is 15.8 Å². The van der Waals surface area contributed by atoms with Crippen molar-refractivity contribution >= 4 is 17.5 Å². The Balaban J connectivity index is 2.95. The van der Waals surface area contributed by atoms with Gasteiger partial charge in [0.15, 0.2) is 0 Å². The first-order chi connectivity index (χ1) is 7.54. The zero-order chi connectivity index (χ0) is 12.1. The van der Waals surface area contributed by atoms with Crippen LogP contribution in [0.1, 0.15) is 15.9 Å². The lowest BCUT2D eigenvalue weighted by molar-refractivity contribution is -0.119. The van der Waals surface area contributed by atoms with Crippen molar-refractivity contribution in [3.05, 3.63) is 29.3 Å². The molecule has 3 N–H and O–H groups in total. The molecule has 0 saturated carbocycles. The molecule has 16 heavy (non-hydrogen) atoms. The quantitative estimate of drug-likeness (QED) is 0.785. The lowest BCUT2D eigenvalue weighted by atomic mass is 10.1. The number of aryl methyl sites for hydroxylation is 1. The fraction of sp³-hybridized carbons (Fsp3) is 0.273. The Morgan fingerprint density at radius 3 is 2.69 bits per heavy atom. The van der Waals surface area contributed by atoms with Gasteiger partial charge in [0.05, 0.1) is 11.3 Å². The highest BCUT2D eigenvalue weighted by Gasteiger charge is 2.10. The maximum absolute atomic E-state index is 11.3. The summed E-state index contributed by atoms with van der Waals surface area (Å²) in [6.45, 7) is 1.78. The van der Waals surface area contributed by atoms with Gasteiger partial charge in [-0.05, 0) is 19.1 Å². The zero-order valence-electron chi connectivity index (χ0n) is 9.24. The van der Waals surface area contributed by atoms with Crippen molar-refractivity contribution in [2.75, 3.05) is 19.0 Å². The number of hydrogen-bond donors (Lipinski definition) is 2. The Morgan fingerprint density at radius 1 is 1.44 bits per heavy atom. The highest BCUT2D eigenvalue weighted by atomic mass is 16.5. The van der Waals surface area contributed by atoms with Crippen molar-refractivity contribution in [2.24, 2.45) is 5.73 Å². The topological polar surface area (TPSA) is 81.4 Å². The average molecular weight is 222 g/mol. The largest absolute Gasteiger partial charge is 0.375 e. The van der Waals surface area contributed by atoms with E-state index in [1.165, 1.54) is 7.11 Å². The molecule has 0 aromatic heterocycles. The van der Waals surface area contributed by atoms with Crippen LogP contribution in [-0.2, 0) is 9.53 Å². The molecule has 5 nitrogen and oxygen atoms in total. The fourth-order valence-electron chi connectivity index (χ4n) is 1.29. The van der Waals surface area contributed by atoms with Crippen LogP contribution < -0.4 is 11.1 Å². The molecular formula is C11H14N2O3. The van der Waals surface area contributed by atoms with Gasteiger partial charge in [-0.15, -0.1) is 0 Å². The fourth-order valence-corrected chi connectivity index (χ4v) is 1.29. The molecule has 0 atom stereocenters. The van der Waals surface area contributed by atoms with Crippen LogP contribution in [0.15, 0.2) is 18.2 Å². The highest BCUT2D eigenvalue weighted by molar-refractivity contribution is 6.03. The summed E-state index contributed by atoms with van der Waals surface area (Å²) < 4.78 is 4.67. The molecule has 0 spiro atoms. The minimum Gasteiger partial charge on any atom is -0.375 e. The van der Waals surface area contributed by atoms with Crippen molar-refractivity contribution < 1.29 is 14.3 Å². The van der Waals surface area contributed by atoms with Crippen LogP contribution in [-0.4, -0.2) is 25.5 Å². The minimum atomic E-state index is -0.573. The number of ether oxygens (including phenoxy) is 1. The van der Waals surface area contributed by atoms with E-state index in [2.05, 4.69) is 10.1 Å². The molecule has 0 radical (unpaired) electrons. The lowest BCUT2D eigenvalue weighted by Crippen LogP contribution is -2.21. The second-order valence-electron chi connectivity index (χ2n) is 3.39. The normalized spacial score (nSPS) is 9.88. The van der Waals surface area contributed by atoms with Crippen molar-refractivity contribution in [1.82, 2.24) is 0 Å². The number of carbonyl (C=O) groups is 2. The molecule has 0 heterocycles. The summed E-state index contributed by atoms with van der Waals surface area (Å²) in [7, 11) is 1.42. The van der Waals surface area contributed by atoms with E-state index >= 15 is 0 Å². The predicted molar refractivity (Wildman–Crippen MR) is 60.2 cm³/mol. The van der Waals surface area contributed by atoms with Crippen LogP contribution in [0.4, 0.5) is 5.69 Å². The Bertz CT molecular complexity index is 416. The summed E-state index contributed by atoms with van der Waals surface area (Å²) in [4.78, 5) is 22.4. The molecule has 0 saturated heterocycles. The predicted octanol–water partition coefficient (Wildman–Crippen LogP) is 0.679. The van der Waals surface area contributed by atoms with Gasteiger partial charge in [-0.1, -0.05) is 11.6 Å². The molecule has 0 unspecified atom stereocenters. The number of nitrogens with two attached hydrogens (primary N) is 1. The van der Waals surface area contributed by atoms with Crippen LogP contribution >= 0.6 is 0 Å². The smallest absolute Gasteiger partial charge is 0.250 e. The Hall–Kier alpha value is -1.88. The molecule has 0 fully saturated rings. The molecule has 2 amide bonds. The number of nitrogens with one attached hydrogen (secondary N) is 1. The van der Waals surface area contributed by atoms with Crippen LogP contribution in [0.2, 0.25) is 0 Å². The second kappa shape index (κ2) is 5.27. The van der Waals surface area contributed by atoms with Gasteiger partial charge in [0.1, 0.15) is 6.61 Å². The third kappa shape index (κ3) is 3.06. The van der Waals surface area contributed by atoms with Crippen LogP contribution in [0.5, 0.6) is 0 Å². The molecule has 1 aromatic rings. The van der Waals surface area contributed by atoms with Gasteiger partial charge >= 0.3 is 0 Å². The molecule has 5 heteroatoms. The highest BCUT2D eigenvalue weighted by Crippen LogP contribution is 2.16. The number of anilines is 1. The van der Waals surface area contributed by atoms with Gasteiger partial charge in [-0.2, -0.15) is 0 Å². The lowest BCUT2D eigenvalue weighted by Gasteiger charge is -2.09. The van der Waals surface area contributed by atoms with Gasteiger partial charge in [0.25, 0.3) is 5.91 Å². The van der Waals surface area contributed by atoms with E-state index in [-0.39, 0.29) is 12.5 Å². The van der Waals surface area contributed by atoms with Crippen LogP contribution in [0, 0.1) is 6.92 Å². The van der Waals surface area contributed by atoms with E-state index in [0.717, 1.165) is 5.56 Å². The summed E-state index contributed by atoms with van der Waals surface area (Å²) >= 11 is 0. The summed E-state index contributed by atoms with van der Waals surface area (Å²) in [5, 5.41) is 2.56. The van der Waals surface area contributed by atoms with E-state index in [1.807, 2.05) is 6.92 Å². The van der Waals surface area contributed by atoms with E-state index in [9.17, 15) is 9.59 Å². The molecule has 86 valence electrons. The number of methoxy groups -OCH3 is 1. The second-order valence-corrected chi connectivity index (χ2v) is 3.39. The Morgan fingerprint density at radius 2 is 2.12 bits per heavy atom. The molecule has 0 aliphatic carbocycles. The van der Waals surface area contributed by atoms with E-state index in [0.29, 0.717) is 11.3 Å². The Kier molecular flexibility index (Phi) is 4.02. The van der Waals surface area contributed by atoms with Crippen LogP contribution in [0.3, 0.4) is 0 Å². The number of hydrogen-bond acceptors (Lipinski definition) is 3. The maximum Gasteiger partial charge on any atom is 0.250 e. The van der Waals surface area contributed by atoms with E-state index < -0.39 is 5.91 Å². The van der Waals surface area contributed by atoms with Gasteiger partial charge in [-0.3, -0.25) is 9.59 Å². The standard InChI is InChI=1S/C11H14N2O3/c1-7-3-4-9(8(5-7)11(12)15)13-10(14)6-16-2/h3-5H,6H2,1-2H3,(H2,12,15)(H,13,14). The monoisotopic (exact) mass is 222 g/mol. The average Bonchev–Trinajstić information content (AvgIpc) is 2.20. The van der Waals surface area contributed by atoms with Gasteiger partial charge in [0, 0.05) is 7.11 Å². The van der Waals surface area contributed by atoms with Crippen molar-refractivity contribution in [1.29, 1.82) is 0 Å². The van der Waals surface area contributed by atoms with E-state index in [1.54, 1.807) is 18.2 Å². The van der Waals surface area contributed by atoms with Gasteiger partial charge in [-0.25, -0.2) is 0 Å². The summed E-state index contributed by atoms with van der Waals surface area (Å²) in [6.07, 6.45) is 0. The summed E-state index contributed by atoms with van der Waals surface area (Å²) in [5.41, 5.74) is 6.81. The van der Waals surface area contributed by atoms with Crippen molar-refractivity contribution in [3.8, 4) is 0 Å². The number of amides is 2. The molecule has 0 bridgehead atoms. The maximum atomic E-state index is 11.3. The van der Waals surface area contributed by atoms with Gasteiger partial charge in [0.2, 0.25) is 5.91 Å². The first kappa shape index (κ1) is 12.2. The minimum absolute atomic E-state index is 0.0634. The molecule has 1 rings (SSSR count). The zero-order valence-corrected chi connectivity index (χ0v) is 9.24. The summed E-state index contributed by atoms with van der Waals surface area (Å²) in [5.74, 6) is -0.898. The SMILES string of the molecule is COCC(=O)Nc1ccc(C)cc1C(N)=O.